The van der Waals surface area contributed by atoms with Gasteiger partial charge < -0.3 is 5.32 Å². The van der Waals surface area contributed by atoms with Crippen molar-refractivity contribution in [3.8, 4) is 0 Å². The van der Waals surface area contributed by atoms with Crippen molar-refractivity contribution in [3.63, 3.8) is 0 Å². The third kappa shape index (κ3) is 4.80. The molecule has 1 fully saturated rings. The summed E-state index contributed by atoms with van der Waals surface area (Å²) in [4.78, 5) is 22.6. The summed E-state index contributed by atoms with van der Waals surface area (Å²) >= 11 is 0. The maximum absolute atomic E-state index is 12.9. The Balaban J connectivity index is 1.71. The summed E-state index contributed by atoms with van der Waals surface area (Å²) < 4.78 is 27.3. The quantitative estimate of drug-likeness (QED) is 0.591. The molecule has 8 nitrogen and oxygen atoms in total. The fraction of sp³-hybridized carbons (Fsp3) is 0.350. The number of nitrogens with zero attached hydrogens (tertiary/aromatic N) is 2. The molecule has 0 spiro atoms. The number of anilines is 1. The van der Waals surface area contributed by atoms with Crippen LogP contribution in [0.25, 0.3) is 0 Å². The summed E-state index contributed by atoms with van der Waals surface area (Å²) in [6.07, 6.45) is 1.01. The van der Waals surface area contributed by atoms with Gasteiger partial charge in [0.25, 0.3) is 11.6 Å². The van der Waals surface area contributed by atoms with E-state index in [0.717, 1.165) is 6.42 Å². The monoisotopic (exact) mass is 417 g/mol. The molecule has 0 aliphatic carbocycles. The molecule has 9 heteroatoms. The molecule has 2 aromatic carbocycles. The Labute approximate surface area is 169 Å². The maximum atomic E-state index is 12.9. The van der Waals surface area contributed by atoms with Crippen LogP contribution in [0, 0.1) is 22.0 Å². The van der Waals surface area contributed by atoms with E-state index in [1.54, 1.807) is 0 Å². The molecule has 1 aliphatic rings. The topological polar surface area (TPSA) is 110 Å². The zero-order valence-electron chi connectivity index (χ0n) is 16.2. The predicted octanol–water partition coefficient (Wildman–Crippen LogP) is 3.51. The van der Waals surface area contributed by atoms with Gasteiger partial charge in [-0.25, -0.2) is 8.42 Å². The Kier molecular flexibility index (Phi) is 5.99. The van der Waals surface area contributed by atoms with Gasteiger partial charge >= 0.3 is 0 Å². The van der Waals surface area contributed by atoms with Gasteiger partial charge in [-0.05, 0) is 54.7 Å². The molecule has 1 amide bonds. The van der Waals surface area contributed by atoms with E-state index in [9.17, 15) is 23.3 Å². The minimum Gasteiger partial charge on any atom is -0.322 e. The lowest BCUT2D eigenvalue weighted by Gasteiger charge is -2.34. The van der Waals surface area contributed by atoms with E-state index < -0.39 is 20.9 Å². The number of hydrogen-bond donors (Lipinski definition) is 1. The lowest BCUT2D eigenvalue weighted by molar-refractivity contribution is -0.384. The smallest absolute Gasteiger partial charge is 0.269 e. The van der Waals surface area contributed by atoms with Crippen LogP contribution >= 0.6 is 0 Å². The molecular formula is C20H23N3O5S. The number of nitro groups is 1. The SMILES string of the molecule is C[C@@H]1C[C@@H](C)CN(S(=O)(=O)c2ccc(NC(=O)c3ccc([N+](=O)[O-])cc3)cc2)C1. The average molecular weight is 417 g/mol. The first-order valence-electron chi connectivity index (χ1n) is 9.33. The minimum atomic E-state index is -3.58. The summed E-state index contributed by atoms with van der Waals surface area (Å²) in [6.45, 7) is 5.11. The van der Waals surface area contributed by atoms with E-state index in [2.05, 4.69) is 19.2 Å². The van der Waals surface area contributed by atoms with Crippen molar-refractivity contribution in [2.45, 2.75) is 25.2 Å². The van der Waals surface area contributed by atoms with Crippen LogP contribution in [0.1, 0.15) is 30.6 Å². The second-order valence-electron chi connectivity index (χ2n) is 7.55. The van der Waals surface area contributed by atoms with E-state index in [1.807, 2.05) is 0 Å². The molecule has 0 aromatic heterocycles. The molecule has 0 unspecified atom stereocenters. The highest BCUT2D eigenvalue weighted by atomic mass is 32.2. The number of carbonyl (C=O) groups is 1. The molecule has 1 N–H and O–H groups in total. The average Bonchev–Trinajstić information content (AvgIpc) is 2.67. The van der Waals surface area contributed by atoms with Crippen LogP contribution in [0.2, 0.25) is 0 Å². The summed E-state index contributed by atoms with van der Waals surface area (Å²) in [5.41, 5.74) is 0.605. The predicted molar refractivity (Wildman–Crippen MR) is 109 cm³/mol. The standard InChI is InChI=1S/C20H23N3O5S/c1-14-11-15(2)13-22(12-14)29(27,28)19-9-5-17(6-10-19)21-20(24)16-3-7-18(8-4-16)23(25)26/h3-10,14-15H,11-13H2,1-2H3,(H,21,24)/t14-,15-/m1/s1. The van der Waals surface area contributed by atoms with Crippen molar-refractivity contribution < 1.29 is 18.1 Å². The Morgan fingerprint density at radius 1 is 1.03 bits per heavy atom. The maximum Gasteiger partial charge on any atom is 0.269 e. The molecule has 154 valence electrons. The van der Waals surface area contributed by atoms with Crippen LogP contribution in [-0.4, -0.2) is 36.6 Å². The van der Waals surface area contributed by atoms with E-state index in [0.29, 0.717) is 30.6 Å². The van der Waals surface area contributed by atoms with Gasteiger partial charge in [0.05, 0.1) is 9.82 Å². The highest BCUT2D eigenvalue weighted by Crippen LogP contribution is 2.27. The van der Waals surface area contributed by atoms with Gasteiger partial charge in [-0.3, -0.25) is 14.9 Å². The minimum absolute atomic E-state index is 0.0996. The molecule has 2 aromatic rings. The summed E-state index contributed by atoms with van der Waals surface area (Å²) in [5, 5.41) is 13.4. The largest absolute Gasteiger partial charge is 0.322 e. The Morgan fingerprint density at radius 2 is 1.59 bits per heavy atom. The van der Waals surface area contributed by atoms with Crippen LogP contribution in [0.4, 0.5) is 11.4 Å². The number of sulfonamides is 1. The fourth-order valence-corrected chi connectivity index (χ4v) is 5.28. The van der Waals surface area contributed by atoms with E-state index >= 15 is 0 Å². The summed E-state index contributed by atoms with van der Waals surface area (Å²) in [7, 11) is -3.58. The molecule has 0 bridgehead atoms. The highest BCUT2D eigenvalue weighted by molar-refractivity contribution is 7.89. The zero-order chi connectivity index (χ0) is 21.2. The number of nitrogens with one attached hydrogen (secondary N) is 1. The van der Waals surface area contributed by atoms with Crippen molar-refractivity contribution in [1.82, 2.24) is 4.31 Å². The van der Waals surface area contributed by atoms with Crippen LogP contribution in [-0.2, 0) is 10.0 Å². The van der Waals surface area contributed by atoms with E-state index in [1.165, 1.54) is 52.8 Å². The molecule has 2 atom stereocenters. The first-order chi connectivity index (χ1) is 13.7. The van der Waals surface area contributed by atoms with E-state index in [-0.39, 0.29) is 16.1 Å². The number of piperidine rings is 1. The van der Waals surface area contributed by atoms with Crippen molar-refractivity contribution in [1.29, 1.82) is 0 Å². The number of carbonyl (C=O) groups excluding carboxylic acids is 1. The van der Waals surface area contributed by atoms with Gasteiger partial charge in [-0.2, -0.15) is 4.31 Å². The van der Waals surface area contributed by atoms with Crippen LogP contribution in [0.5, 0.6) is 0 Å². The molecule has 1 aliphatic heterocycles. The lowest BCUT2D eigenvalue weighted by atomic mass is 9.94. The molecule has 3 rings (SSSR count). The van der Waals surface area contributed by atoms with Crippen LogP contribution in [0.3, 0.4) is 0 Å². The fourth-order valence-electron chi connectivity index (χ4n) is 3.60. The van der Waals surface area contributed by atoms with E-state index in [4.69, 9.17) is 0 Å². The van der Waals surface area contributed by atoms with Gasteiger partial charge in [0.15, 0.2) is 0 Å². The lowest BCUT2D eigenvalue weighted by Crippen LogP contribution is -2.42. The molecule has 1 heterocycles. The Morgan fingerprint density at radius 3 is 2.10 bits per heavy atom. The first kappa shape index (κ1) is 20.9. The molecule has 1 saturated heterocycles. The summed E-state index contributed by atoms with van der Waals surface area (Å²) in [5.74, 6) is 0.191. The summed E-state index contributed by atoms with van der Waals surface area (Å²) in [6, 6.07) is 11.3. The zero-order valence-corrected chi connectivity index (χ0v) is 17.1. The molecule has 0 radical (unpaired) electrons. The molecule has 0 saturated carbocycles. The van der Waals surface area contributed by atoms with Crippen molar-refractivity contribution in [2.75, 3.05) is 18.4 Å². The number of rotatable bonds is 5. The van der Waals surface area contributed by atoms with Gasteiger partial charge in [0.2, 0.25) is 10.0 Å². The van der Waals surface area contributed by atoms with Gasteiger partial charge in [0, 0.05) is 36.5 Å². The van der Waals surface area contributed by atoms with Gasteiger partial charge in [-0.15, -0.1) is 0 Å². The molecule has 29 heavy (non-hydrogen) atoms. The van der Waals surface area contributed by atoms with Crippen LogP contribution < -0.4 is 5.32 Å². The van der Waals surface area contributed by atoms with Gasteiger partial charge in [0.1, 0.15) is 0 Å². The second kappa shape index (κ2) is 8.30. The van der Waals surface area contributed by atoms with Crippen molar-refractivity contribution >= 4 is 27.3 Å². The molecular weight excluding hydrogens is 394 g/mol. The number of hydrogen-bond acceptors (Lipinski definition) is 5. The third-order valence-corrected chi connectivity index (χ3v) is 6.77. The third-order valence-electron chi connectivity index (χ3n) is 4.93. The number of nitro benzene ring substituents is 1. The first-order valence-corrected chi connectivity index (χ1v) is 10.8. The van der Waals surface area contributed by atoms with Crippen molar-refractivity contribution in [2.24, 2.45) is 11.8 Å². The second-order valence-corrected chi connectivity index (χ2v) is 9.49. The Bertz CT molecular complexity index is 993. The highest BCUT2D eigenvalue weighted by Gasteiger charge is 2.31. The number of benzene rings is 2. The van der Waals surface area contributed by atoms with Crippen molar-refractivity contribution in [3.05, 3.63) is 64.2 Å². The normalized spacial score (nSPS) is 20.2. The van der Waals surface area contributed by atoms with Gasteiger partial charge in [-0.1, -0.05) is 13.8 Å². The Hall–Kier alpha value is -2.78. The number of non-ortho nitro benzene ring substituents is 1. The van der Waals surface area contributed by atoms with Crippen LogP contribution in [0.15, 0.2) is 53.4 Å². The number of amides is 1.